The van der Waals surface area contributed by atoms with Crippen LogP contribution in [0.1, 0.15) is 25.0 Å². The maximum atomic E-state index is 12.8. The molecule has 0 atom stereocenters. The number of amides is 1. The van der Waals surface area contributed by atoms with Crippen molar-refractivity contribution in [2.24, 2.45) is 0 Å². The van der Waals surface area contributed by atoms with Crippen molar-refractivity contribution < 1.29 is 13.2 Å². The van der Waals surface area contributed by atoms with Gasteiger partial charge in [-0.15, -0.1) is 0 Å². The van der Waals surface area contributed by atoms with Crippen LogP contribution in [0.15, 0.2) is 69.3 Å². The van der Waals surface area contributed by atoms with E-state index in [1.807, 2.05) is 31.2 Å². The van der Waals surface area contributed by atoms with Crippen LogP contribution in [0.3, 0.4) is 0 Å². The van der Waals surface area contributed by atoms with Crippen molar-refractivity contribution >= 4 is 32.6 Å². The molecule has 35 heavy (non-hydrogen) atoms. The minimum atomic E-state index is -3.55. The van der Waals surface area contributed by atoms with E-state index in [1.54, 1.807) is 16.7 Å². The molecule has 1 amide bonds. The zero-order valence-electron chi connectivity index (χ0n) is 19.3. The lowest BCUT2D eigenvalue weighted by Crippen LogP contribution is -2.31. The number of sulfone groups is 1. The minimum Gasteiger partial charge on any atom is -0.326 e. The van der Waals surface area contributed by atoms with Crippen molar-refractivity contribution in [2.75, 3.05) is 11.1 Å². The highest BCUT2D eigenvalue weighted by molar-refractivity contribution is 7.91. The maximum absolute atomic E-state index is 12.8. The lowest BCUT2D eigenvalue weighted by atomic mass is 10.1. The van der Waals surface area contributed by atoms with Gasteiger partial charge in [0.25, 0.3) is 5.56 Å². The summed E-state index contributed by atoms with van der Waals surface area (Å²) in [7, 11) is -3.55. The standard InChI is InChI=1S/C24H25N5O5S/c1-3-28-15-25-22-21(28)23(31)27-24(32)29(22)14-18-9-7-17(8-10-18)11-12-35(33,34)20-6-4-5-19(13-20)26-16(2)30/h4-10,13,15H,3,11-12,14H2,1-2H3,(H,26,30)(H,27,31,32). The zero-order chi connectivity index (χ0) is 25.2. The molecule has 0 aliphatic rings. The van der Waals surface area contributed by atoms with E-state index >= 15 is 0 Å². The number of H-pyrrole nitrogens is 1. The molecule has 0 saturated carbocycles. The quantitative estimate of drug-likeness (QED) is 0.383. The van der Waals surface area contributed by atoms with Crippen LogP contribution in [0.25, 0.3) is 11.2 Å². The van der Waals surface area contributed by atoms with E-state index in [1.165, 1.54) is 30.0 Å². The molecule has 11 heteroatoms. The fraction of sp³-hybridized carbons (Fsp3) is 0.250. The summed E-state index contributed by atoms with van der Waals surface area (Å²) in [5.74, 6) is -0.368. The Hall–Kier alpha value is -3.99. The van der Waals surface area contributed by atoms with Gasteiger partial charge in [0.2, 0.25) is 5.91 Å². The normalized spacial score (nSPS) is 11.6. The molecule has 2 aromatic carbocycles. The predicted molar refractivity (Wildman–Crippen MR) is 132 cm³/mol. The molecule has 0 bridgehead atoms. The molecule has 0 fully saturated rings. The first kappa shape index (κ1) is 24.1. The molecule has 0 aliphatic carbocycles. The molecule has 2 heterocycles. The van der Waals surface area contributed by atoms with Crippen LogP contribution in [0, 0.1) is 0 Å². The summed E-state index contributed by atoms with van der Waals surface area (Å²) >= 11 is 0. The van der Waals surface area contributed by atoms with Gasteiger partial charge in [-0.1, -0.05) is 30.3 Å². The van der Waals surface area contributed by atoms with Crippen molar-refractivity contribution in [3.63, 3.8) is 0 Å². The van der Waals surface area contributed by atoms with Crippen molar-refractivity contribution in [1.82, 2.24) is 19.1 Å². The summed E-state index contributed by atoms with van der Waals surface area (Å²) in [5, 5.41) is 2.59. The van der Waals surface area contributed by atoms with Crippen molar-refractivity contribution in [1.29, 1.82) is 0 Å². The number of nitrogens with zero attached hydrogens (tertiary/aromatic N) is 3. The van der Waals surface area contributed by atoms with E-state index in [2.05, 4.69) is 15.3 Å². The summed E-state index contributed by atoms with van der Waals surface area (Å²) in [5.41, 5.74) is 1.71. The van der Waals surface area contributed by atoms with E-state index in [0.717, 1.165) is 11.1 Å². The van der Waals surface area contributed by atoms with Crippen molar-refractivity contribution in [3.05, 3.63) is 86.8 Å². The number of hydrogen-bond acceptors (Lipinski definition) is 6. The molecule has 0 unspecified atom stereocenters. The molecule has 2 aromatic heterocycles. The first-order valence-corrected chi connectivity index (χ1v) is 12.7. The number of aromatic amines is 1. The Bertz CT molecular complexity index is 1610. The lowest BCUT2D eigenvalue weighted by molar-refractivity contribution is -0.114. The minimum absolute atomic E-state index is 0.0929. The van der Waals surface area contributed by atoms with Crippen LogP contribution in [0.2, 0.25) is 0 Å². The number of fused-ring (bicyclic) bond motifs is 1. The van der Waals surface area contributed by atoms with Crippen molar-refractivity contribution in [3.8, 4) is 0 Å². The molecule has 4 aromatic rings. The zero-order valence-corrected chi connectivity index (χ0v) is 20.1. The van der Waals surface area contributed by atoms with E-state index in [9.17, 15) is 22.8 Å². The third kappa shape index (κ3) is 5.24. The van der Waals surface area contributed by atoms with E-state index < -0.39 is 21.1 Å². The fourth-order valence-corrected chi connectivity index (χ4v) is 5.17. The Morgan fingerprint density at radius 3 is 2.49 bits per heavy atom. The Balaban J connectivity index is 1.49. The van der Waals surface area contributed by atoms with E-state index in [0.29, 0.717) is 29.8 Å². The number of benzene rings is 2. The highest BCUT2D eigenvalue weighted by Crippen LogP contribution is 2.18. The number of carbonyl (C=O) groups excluding carboxylic acids is 1. The Labute approximate surface area is 201 Å². The molecule has 0 spiro atoms. The van der Waals surface area contributed by atoms with Gasteiger partial charge in [-0.25, -0.2) is 18.2 Å². The van der Waals surface area contributed by atoms with Crippen LogP contribution >= 0.6 is 0 Å². The van der Waals surface area contributed by atoms with Crippen molar-refractivity contribution in [2.45, 2.75) is 38.3 Å². The van der Waals surface area contributed by atoms with Gasteiger partial charge >= 0.3 is 5.69 Å². The highest BCUT2D eigenvalue weighted by Gasteiger charge is 2.16. The molecule has 10 nitrogen and oxygen atoms in total. The van der Waals surface area contributed by atoms with Crippen LogP contribution in [0.4, 0.5) is 5.69 Å². The summed E-state index contributed by atoms with van der Waals surface area (Å²) in [4.78, 5) is 42.6. The largest absolute Gasteiger partial charge is 0.330 e. The van der Waals surface area contributed by atoms with Crippen LogP contribution in [-0.4, -0.2) is 39.2 Å². The number of aryl methyl sites for hydroxylation is 2. The van der Waals surface area contributed by atoms with Gasteiger partial charge in [-0.2, -0.15) is 0 Å². The Morgan fingerprint density at radius 2 is 1.80 bits per heavy atom. The summed E-state index contributed by atoms with van der Waals surface area (Å²) in [6, 6.07) is 13.4. The van der Waals surface area contributed by atoms with E-state index in [-0.39, 0.29) is 23.1 Å². The van der Waals surface area contributed by atoms with Gasteiger partial charge in [-0.05, 0) is 42.7 Å². The average Bonchev–Trinajstić information content (AvgIpc) is 3.26. The third-order valence-electron chi connectivity index (χ3n) is 5.63. The lowest BCUT2D eigenvalue weighted by Gasteiger charge is -2.09. The third-order valence-corrected chi connectivity index (χ3v) is 7.35. The topological polar surface area (TPSA) is 136 Å². The fourth-order valence-electron chi connectivity index (χ4n) is 3.84. The Kier molecular flexibility index (Phi) is 6.70. The molecule has 0 radical (unpaired) electrons. The van der Waals surface area contributed by atoms with Gasteiger partial charge in [0.15, 0.2) is 21.0 Å². The average molecular weight is 496 g/mol. The van der Waals surface area contributed by atoms with Crippen LogP contribution in [0.5, 0.6) is 0 Å². The molecule has 2 N–H and O–H groups in total. The molecule has 4 rings (SSSR count). The maximum Gasteiger partial charge on any atom is 0.330 e. The molecule has 182 valence electrons. The van der Waals surface area contributed by atoms with E-state index in [4.69, 9.17) is 0 Å². The summed E-state index contributed by atoms with van der Waals surface area (Å²) < 4.78 is 28.6. The Morgan fingerprint density at radius 1 is 1.09 bits per heavy atom. The van der Waals surface area contributed by atoms with Gasteiger partial charge in [-0.3, -0.25) is 19.1 Å². The number of nitrogens with one attached hydrogen (secondary N) is 2. The number of carbonyl (C=O) groups is 1. The second-order valence-electron chi connectivity index (χ2n) is 8.14. The number of imidazole rings is 1. The second-order valence-corrected chi connectivity index (χ2v) is 10.3. The van der Waals surface area contributed by atoms with Gasteiger partial charge < -0.3 is 9.88 Å². The first-order chi connectivity index (χ1) is 16.7. The smallest absolute Gasteiger partial charge is 0.326 e. The second kappa shape index (κ2) is 9.71. The number of anilines is 1. The van der Waals surface area contributed by atoms with Crippen LogP contribution in [-0.2, 0) is 34.1 Å². The number of aromatic nitrogens is 4. The molecular weight excluding hydrogens is 470 g/mol. The summed E-state index contributed by atoms with van der Waals surface area (Å²) in [6.45, 7) is 4.00. The monoisotopic (exact) mass is 495 g/mol. The molecule has 0 aliphatic heterocycles. The molecular formula is C24H25N5O5S. The number of rotatable bonds is 8. The highest BCUT2D eigenvalue weighted by atomic mass is 32.2. The number of hydrogen-bond donors (Lipinski definition) is 2. The van der Waals surface area contributed by atoms with Crippen LogP contribution < -0.4 is 16.6 Å². The predicted octanol–water partition coefficient (Wildman–Crippen LogP) is 1.93. The van der Waals surface area contributed by atoms with Gasteiger partial charge in [0.05, 0.1) is 23.5 Å². The first-order valence-electron chi connectivity index (χ1n) is 11.0. The molecule has 0 saturated heterocycles. The SMILES string of the molecule is CCn1cnc2c1c(=O)[nH]c(=O)n2Cc1ccc(CCS(=O)(=O)c2cccc(NC(C)=O)c2)cc1. The summed E-state index contributed by atoms with van der Waals surface area (Å²) in [6.07, 6.45) is 1.84. The van der Waals surface area contributed by atoms with Gasteiger partial charge in [0.1, 0.15) is 0 Å². The van der Waals surface area contributed by atoms with Gasteiger partial charge in [0, 0.05) is 19.2 Å².